The van der Waals surface area contributed by atoms with Crippen molar-refractivity contribution in [1.82, 2.24) is 5.32 Å². The van der Waals surface area contributed by atoms with Crippen LogP contribution in [0.25, 0.3) is 0 Å². The first-order chi connectivity index (χ1) is 11.5. The summed E-state index contributed by atoms with van der Waals surface area (Å²) in [5.41, 5.74) is 3.28. The van der Waals surface area contributed by atoms with E-state index in [0.29, 0.717) is 6.61 Å². The molecule has 24 heavy (non-hydrogen) atoms. The third kappa shape index (κ3) is 5.30. The van der Waals surface area contributed by atoms with Crippen LogP contribution in [-0.2, 0) is 4.79 Å². The maximum Gasteiger partial charge on any atom is 0.258 e. The number of carbonyl (C=O) groups is 1. The van der Waals surface area contributed by atoms with Crippen LogP contribution in [0.5, 0.6) is 11.5 Å². The third-order valence-corrected chi connectivity index (χ3v) is 3.68. The number of nitrogens with one attached hydrogen (secondary N) is 1. The van der Waals surface area contributed by atoms with Crippen molar-refractivity contribution in [3.63, 3.8) is 0 Å². The van der Waals surface area contributed by atoms with E-state index < -0.39 is 0 Å². The lowest BCUT2D eigenvalue weighted by Gasteiger charge is -2.16. The highest BCUT2D eigenvalue weighted by molar-refractivity contribution is 5.77. The van der Waals surface area contributed by atoms with Crippen molar-refractivity contribution in [2.75, 3.05) is 13.2 Å². The highest BCUT2D eigenvalue weighted by atomic mass is 16.5. The second kappa shape index (κ2) is 8.39. The van der Waals surface area contributed by atoms with Gasteiger partial charge in [0.05, 0.1) is 6.04 Å². The van der Waals surface area contributed by atoms with Crippen LogP contribution in [0.15, 0.2) is 42.5 Å². The molecule has 0 aliphatic heterocycles. The third-order valence-electron chi connectivity index (χ3n) is 3.68. The molecule has 0 aliphatic rings. The van der Waals surface area contributed by atoms with Crippen LogP contribution in [0.1, 0.15) is 23.6 Å². The summed E-state index contributed by atoms with van der Waals surface area (Å²) in [5, 5.41) is 2.88. The van der Waals surface area contributed by atoms with Gasteiger partial charge in [-0.1, -0.05) is 35.9 Å². The van der Waals surface area contributed by atoms with Crippen LogP contribution in [0.2, 0.25) is 0 Å². The van der Waals surface area contributed by atoms with Crippen LogP contribution in [0.3, 0.4) is 0 Å². The van der Waals surface area contributed by atoms with Gasteiger partial charge in [0.15, 0.2) is 6.61 Å². The second-order valence-corrected chi connectivity index (χ2v) is 6.10. The van der Waals surface area contributed by atoms with Crippen molar-refractivity contribution >= 4 is 5.91 Å². The largest absolute Gasteiger partial charge is 0.491 e. The zero-order valence-corrected chi connectivity index (χ0v) is 14.8. The van der Waals surface area contributed by atoms with Gasteiger partial charge in [0, 0.05) is 0 Å². The molecule has 0 saturated heterocycles. The van der Waals surface area contributed by atoms with Gasteiger partial charge in [0.25, 0.3) is 5.91 Å². The van der Waals surface area contributed by atoms with Gasteiger partial charge in [0.2, 0.25) is 0 Å². The molecule has 0 fully saturated rings. The summed E-state index contributed by atoms with van der Waals surface area (Å²) in [6, 6.07) is 13.6. The van der Waals surface area contributed by atoms with Gasteiger partial charge in [-0.25, -0.2) is 0 Å². The molecule has 1 N–H and O–H groups in total. The van der Waals surface area contributed by atoms with Crippen molar-refractivity contribution in [1.29, 1.82) is 0 Å². The van der Waals surface area contributed by atoms with Crippen LogP contribution in [-0.4, -0.2) is 25.2 Å². The second-order valence-electron chi connectivity index (χ2n) is 6.10. The smallest absolute Gasteiger partial charge is 0.258 e. The molecule has 1 amide bonds. The summed E-state index contributed by atoms with van der Waals surface area (Å²) < 4.78 is 11.3. The van der Waals surface area contributed by atoms with Crippen LogP contribution in [0, 0.1) is 20.8 Å². The van der Waals surface area contributed by atoms with Gasteiger partial charge in [-0.05, 0) is 51.0 Å². The summed E-state index contributed by atoms with van der Waals surface area (Å²) in [5.74, 6) is 1.42. The molecule has 0 unspecified atom stereocenters. The van der Waals surface area contributed by atoms with E-state index >= 15 is 0 Å². The van der Waals surface area contributed by atoms with E-state index in [4.69, 9.17) is 9.47 Å². The van der Waals surface area contributed by atoms with E-state index in [-0.39, 0.29) is 18.6 Å². The summed E-state index contributed by atoms with van der Waals surface area (Å²) in [6.45, 7) is 8.32. The fourth-order valence-electron chi connectivity index (χ4n) is 2.40. The van der Waals surface area contributed by atoms with Crippen LogP contribution < -0.4 is 14.8 Å². The molecule has 0 bridgehead atoms. The molecule has 0 aromatic heterocycles. The Hall–Kier alpha value is -2.49. The predicted octanol–water partition coefficient (Wildman–Crippen LogP) is 3.57. The van der Waals surface area contributed by atoms with E-state index in [1.807, 2.05) is 70.2 Å². The molecular formula is C20H25NO3. The number of ether oxygens (including phenoxy) is 2. The highest BCUT2D eigenvalue weighted by Crippen LogP contribution is 2.18. The van der Waals surface area contributed by atoms with Gasteiger partial charge >= 0.3 is 0 Å². The Morgan fingerprint density at radius 1 is 1.00 bits per heavy atom. The molecule has 2 rings (SSSR count). The first-order valence-corrected chi connectivity index (χ1v) is 8.13. The Morgan fingerprint density at radius 3 is 2.42 bits per heavy atom. The standard InChI is InChI=1S/C20H25NO3/c1-14-9-10-19(16(3)11-14)24-13-20(22)21-17(4)12-23-18-8-6-5-7-15(18)2/h5-11,17H,12-13H2,1-4H3,(H,21,22)/t17-/m1/s1. The minimum Gasteiger partial charge on any atom is -0.491 e. The van der Waals surface area contributed by atoms with E-state index in [1.54, 1.807) is 0 Å². The minimum absolute atomic E-state index is 0.00138. The lowest BCUT2D eigenvalue weighted by atomic mass is 10.1. The fraction of sp³-hybridized carbons (Fsp3) is 0.350. The highest BCUT2D eigenvalue weighted by Gasteiger charge is 2.10. The molecule has 0 radical (unpaired) electrons. The number of carbonyl (C=O) groups excluding carboxylic acids is 1. The van der Waals surface area contributed by atoms with Crippen molar-refractivity contribution in [2.24, 2.45) is 0 Å². The number of hydrogen-bond acceptors (Lipinski definition) is 3. The van der Waals surface area contributed by atoms with Crippen LogP contribution in [0.4, 0.5) is 0 Å². The summed E-state index contributed by atoms with van der Waals surface area (Å²) >= 11 is 0. The maximum absolute atomic E-state index is 12.0. The number of aryl methyl sites for hydroxylation is 3. The average Bonchev–Trinajstić information content (AvgIpc) is 2.53. The van der Waals surface area contributed by atoms with Crippen molar-refractivity contribution < 1.29 is 14.3 Å². The van der Waals surface area contributed by atoms with Gasteiger partial charge in [-0.3, -0.25) is 4.79 Å². The minimum atomic E-state index is -0.157. The quantitative estimate of drug-likeness (QED) is 0.845. The molecular weight excluding hydrogens is 302 g/mol. The van der Waals surface area contributed by atoms with E-state index in [2.05, 4.69) is 5.32 Å². The predicted molar refractivity (Wildman–Crippen MR) is 95.7 cm³/mol. The molecule has 4 nitrogen and oxygen atoms in total. The zero-order valence-electron chi connectivity index (χ0n) is 14.8. The summed E-state index contributed by atoms with van der Waals surface area (Å²) in [7, 11) is 0. The summed E-state index contributed by atoms with van der Waals surface area (Å²) in [6.07, 6.45) is 0. The van der Waals surface area contributed by atoms with Crippen molar-refractivity contribution in [2.45, 2.75) is 33.7 Å². The molecule has 4 heteroatoms. The van der Waals surface area contributed by atoms with Crippen molar-refractivity contribution in [3.05, 3.63) is 59.2 Å². The Labute approximate surface area is 143 Å². The first-order valence-electron chi connectivity index (χ1n) is 8.13. The SMILES string of the molecule is Cc1ccc(OCC(=O)N[C@H](C)COc2ccccc2C)c(C)c1. The topological polar surface area (TPSA) is 47.6 Å². The monoisotopic (exact) mass is 327 g/mol. The fourth-order valence-corrected chi connectivity index (χ4v) is 2.40. The molecule has 2 aromatic rings. The maximum atomic E-state index is 12.0. The molecule has 0 heterocycles. The van der Waals surface area contributed by atoms with Gasteiger partial charge < -0.3 is 14.8 Å². The Kier molecular flexibility index (Phi) is 6.24. The van der Waals surface area contributed by atoms with Gasteiger partial charge in [-0.15, -0.1) is 0 Å². The molecule has 0 saturated carbocycles. The molecule has 128 valence electrons. The molecule has 0 spiro atoms. The Balaban J connectivity index is 1.76. The molecule has 2 aromatic carbocycles. The van der Waals surface area contributed by atoms with Gasteiger partial charge in [-0.2, -0.15) is 0 Å². The Bertz CT molecular complexity index is 697. The van der Waals surface area contributed by atoms with E-state index in [9.17, 15) is 4.79 Å². The van der Waals surface area contributed by atoms with Crippen molar-refractivity contribution in [3.8, 4) is 11.5 Å². The normalized spacial score (nSPS) is 11.7. The molecule has 1 atom stereocenters. The number of amides is 1. The molecule has 0 aliphatic carbocycles. The number of benzene rings is 2. The number of hydrogen-bond donors (Lipinski definition) is 1. The number of para-hydroxylation sites is 1. The van der Waals surface area contributed by atoms with E-state index in [0.717, 1.165) is 22.6 Å². The average molecular weight is 327 g/mol. The lowest BCUT2D eigenvalue weighted by Crippen LogP contribution is -2.39. The Morgan fingerprint density at radius 2 is 1.71 bits per heavy atom. The van der Waals surface area contributed by atoms with Gasteiger partial charge in [0.1, 0.15) is 18.1 Å². The lowest BCUT2D eigenvalue weighted by molar-refractivity contribution is -0.123. The van der Waals surface area contributed by atoms with Crippen LogP contribution >= 0.6 is 0 Å². The number of rotatable bonds is 7. The van der Waals surface area contributed by atoms with E-state index in [1.165, 1.54) is 5.56 Å². The first kappa shape index (κ1) is 17.9. The zero-order chi connectivity index (χ0) is 17.5. The summed E-state index contributed by atoms with van der Waals surface area (Å²) in [4.78, 5) is 12.0.